The number of hydrogen-bond donors (Lipinski definition) is 1. The molecule has 0 radical (unpaired) electrons. The van der Waals surface area contributed by atoms with Crippen LogP contribution in [0.1, 0.15) is 37.3 Å². The first-order chi connectivity index (χ1) is 21.4. The van der Waals surface area contributed by atoms with Crippen molar-refractivity contribution in [2.24, 2.45) is 0 Å². The van der Waals surface area contributed by atoms with Gasteiger partial charge in [-0.25, -0.2) is 0 Å². The Bertz CT molecular complexity index is 1740. The van der Waals surface area contributed by atoms with Gasteiger partial charge in [-0.15, -0.1) is 0 Å². The van der Waals surface area contributed by atoms with Gasteiger partial charge in [-0.05, 0) is 67.9 Å². The van der Waals surface area contributed by atoms with Gasteiger partial charge in [0.15, 0.2) is 5.82 Å². The van der Waals surface area contributed by atoms with Crippen LogP contribution in [-0.4, -0.2) is 87.3 Å². The number of aromatic hydroxyl groups is 1. The van der Waals surface area contributed by atoms with Crippen molar-refractivity contribution in [3.63, 3.8) is 0 Å². The van der Waals surface area contributed by atoms with Gasteiger partial charge in [0.2, 0.25) is 5.91 Å². The predicted molar refractivity (Wildman–Crippen MR) is 171 cm³/mol. The maximum absolute atomic E-state index is 12.6. The fraction of sp³-hybridized carbons (Fsp3) is 0.412. The van der Waals surface area contributed by atoms with Crippen LogP contribution < -0.4 is 9.64 Å². The molecule has 44 heavy (non-hydrogen) atoms. The zero-order valence-electron chi connectivity index (χ0n) is 25.4. The first kappa shape index (κ1) is 29.5. The fourth-order valence-electron chi connectivity index (χ4n) is 6.71. The van der Waals surface area contributed by atoms with Crippen molar-refractivity contribution >= 4 is 33.5 Å². The molecule has 2 aromatic heterocycles. The first-order valence-electron chi connectivity index (χ1n) is 15.4. The van der Waals surface area contributed by atoms with E-state index in [-0.39, 0.29) is 24.1 Å². The number of benzene rings is 2. The highest BCUT2D eigenvalue weighted by Gasteiger charge is 2.32. The van der Waals surface area contributed by atoms with Gasteiger partial charge in [-0.3, -0.25) is 4.79 Å². The number of phenolic OH excluding ortho intramolecular Hbond substituents is 1. The second-order valence-corrected chi connectivity index (χ2v) is 11.8. The molecule has 0 bridgehead atoms. The molecule has 0 spiro atoms. The Labute approximate surface area is 257 Å². The average molecular weight is 594 g/mol. The van der Waals surface area contributed by atoms with Gasteiger partial charge in [-0.1, -0.05) is 30.8 Å². The minimum Gasteiger partial charge on any atom is -0.508 e. The number of ether oxygens (including phenoxy) is 1. The third-order valence-corrected chi connectivity index (χ3v) is 9.05. The average Bonchev–Trinajstić information content (AvgIpc) is 3.61. The third kappa shape index (κ3) is 5.67. The largest absolute Gasteiger partial charge is 0.508 e. The lowest BCUT2D eigenvalue weighted by atomic mass is 9.99. The summed E-state index contributed by atoms with van der Waals surface area (Å²) < 4.78 is 8.49. The molecule has 2 aliphatic heterocycles. The van der Waals surface area contributed by atoms with E-state index in [0.717, 1.165) is 58.1 Å². The van der Waals surface area contributed by atoms with Gasteiger partial charge in [0.25, 0.3) is 0 Å². The second kappa shape index (κ2) is 12.5. The highest BCUT2D eigenvalue weighted by atomic mass is 16.5. The van der Waals surface area contributed by atoms with Gasteiger partial charge >= 0.3 is 6.01 Å². The minimum absolute atomic E-state index is 0.167. The maximum Gasteiger partial charge on any atom is 0.319 e. The molecule has 2 saturated heterocycles. The summed E-state index contributed by atoms with van der Waals surface area (Å²) in [6, 6.07) is 14.3. The molecule has 2 aliphatic rings. The summed E-state index contributed by atoms with van der Waals surface area (Å²) in [5.74, 6) is 0.806. The van der Waals surface area contributed by atoms with Crippen LogP contribution in [0.4, 0.5) is 5.82 Å². The number of nitriles is 1. The molecule has 2 aromatic carbocycles. The topological polar surface area (TPSA) is 111 Å². The molecule has 10 nitrogen and oxygen atoms in total. The molecular weight excluding hydrogens is 554 g/mol. The molecule has 0 saturated carbocycles. The van der Waals surface area contributed by atoms with Gasteiger partial charge in [0.1, 0.15) is 23.4 Å². The molecule has 4 heterocycles. The molecular formula is C34H39N7O3. The van der Waals surface area contributed by atoms with E-state index in [1.807, 2.05) is 24.3 Å². The van der Waals surface area contributed by atoms with Crippen molar-refractivity contribution in [2.45, 2.75) is 51.2 Å². The van der Waals surface area contributed by atoms with E-state index >= 15 is 0 Å². The molecule has 4 aromatic rings. The summed E-state index contributed by atoms with van der Waals surface area (Å²) in [4.78, 5) is 28.8. The van der Waals surface area contributed by atoms with Crippen molar-refractivity contribution in [3.05, 3.63) is 66.4 Å². The number of likely N-dealkylation sites (tertiary alicyclic amines) is 1. The maximum atomic E-state index is 12.6. The quantitative estimate of drug-likeness (QED) is 0.283. The molecule has 0 aliphatic carbocycles. The molecule has 10 heteroatoms. The molecule has 0 unspecified atom stereocenters. The molecule has 2 fully saturated rings. The Kier molecular flexibility index (Phi) is 8.40. The summed E-state index contributed by atoms with van der Waals surface area (Å²) >= 11 is 0. The van der Waals surface area contributed by atoms with E-state index in [2.05, 4.69) is 53.2 Å². The third-order valence-electron chi connectivity index (χ3n) is 9.05. The fourth-order valence-corrected chi connectivity index (χ4v) is 6.71. The van der Waals surface area contributed by atoms with Crippen LogP contribution in [0, 0.1) is 11.3 Å². The number of rotatable bonds is 9. The lowest BCUT2D eigenvalue weighted by Gasteiger charge is -2.41. The van der Waals surface area contributed by atoms with Gasteiger partial charge in [-0.2, -0.15) is 15.2 Å². The Hall–Kier alpha value is -4.62. The SMILES string of the molecule is C=CC(=O)N1CCN(c2nc(OC[C@@H]3CCCN3C)nc3c(Cc4cc(O)cc5ccccc45)cn(CC)c23)C[C@@H]1CC#N. The van der Waals surface area contributed by atoms with Crippen molar-refractivity contribution in [1.82, 2.24) is 24.3 Å². The van der Waals surface area contributed by atoms with Crippen LogP contribution in [-0.2, 0) is 17.8 Å². The van der Waals surface area contributed by atoms with E-state index in [9.17, 15) is 15.2 Å². The number of nitrogens with zero attached hydrogens (tertiary/aromatic N) is 7. The van der Waals surface area contributed by atoms with Gasteiger partial charge in [0.05, 0.1) is 18.5 Å². The van der Waals surface area contributed by atoms with Crippen LogP contribution in [0.25, 0.3) is 21.8 Å². The number of carbonyl (C=O) groups excluding carboxylic acids is 1. The summed E-state index contributed by atoms with van der Waals surface area (Å²) in [6.45, 7) is 9.48. The Morgan fingerprint density at radius 3 is 2.77 bits per heavy atom. The Morgan fingerprint density at radius 1 is 1.18 bits per heavy atom. The number of aryl methyl sites for hydroxylation is 1. The van der Waals surface area contributed by atoms with Gasteiger partial charge in [0, 0.05) is 50.4 Å². The lowest BCUT2D eigenvalue weighted by Crippen LogP contribution is -2.55. The summed E-state index contributed by atoms with van der Waals surface area (Å²) in [5, 5.41) is 22.2. The summed E-state index contributed by atoms with van der Waals surface area (Å²) in [7, 11) is 2.12. The summed E-state index contributed by atoms with van der Waals surface area (Å²) in [6.07, 6.45) is 6.44. The number of phenols is 1. The smallest absolute Gasteiger partial charge is 0.319 e. The van der Waals surface area contributed by atoms with Gasteiger partial charge < -0.3 is 29.1 Å². The van der Waals surface area contributed by atoms with E-state index < -0.39 is 0 Å². The number of hydrogen-bond acceptors (Lipinski definition) is 8. The predicted octanol–water partition coefficient (Wildman–Crippen LogP) is 4.49. The van der Waals surface area contributed by atoms with E-state index in [1.54, 1.807) is 11.0 Å². The van der Waals surface area contributed by atoms with Crippen molar-refractivity contribution in [1.29, 1.82) is 5.26 Å². The molecule has 1 amide bonds. The summed E-state index contributed by atoms with van der Waals surface area (Å²) in [5.41, 5.74) is 3.73. The highest BCUT2D eigenvalue weighted by Crippen LogP contribution is 2.35. The highest BCUT2D eigenvalue weighted by molar-refractivity contribution is 5.92. The minimum atomic E-state index is -0.288. The number of aromatic nitrogens is 3. The van der Waals surface area contributed by atoms with Crippen LogP contribution >= 0.6 is 0 Å². The van der Waals surface area contributed by atoms with Crippen LogP contribution in [0.15, 0.2) is 55.3 Å². The lowest BCUT2D eigenvalue weighted by molar-refractivity contribution is -0.128. The second-order valence-electron chi connectivity index (χ2n) is 11.8. The van der Waals surface area contributed by atoms with Crippen molar-refractivity contribution < 1.29 is 14.6 Å². The number of likely N-dealkylation sites (N-methyl/N-ethyl adjacent to an activating group) is 1. The molecule has 2 atom stereocenters. The monoisotopic (exact) mass is 593 g/mol. The standard InChI is InChI=1S/C34H39N7O3/c1-4-30(43)41-16-15-40(21-26(41)12-13-35)33-32-31(36-34(37-33)44-22-27-10-8-14-38(27)3)25(20-39(32)5-2)17-24-19-28(42)18-23-9-6-7-11-29(23)24/h4,6-7,9,11,18-20,26-27,42H,1,5,8,10,12,14-17,21-22H2,2-3H3/t26-,27-/m0/s1. The van der Waals surface area contributed by atoms with Crippen LogP contribution in [0.3, 0.4) is 0 Å². The number of piperazine rings is 1. The van der Waals surface area contributed by atoms with E-state index in [4.69, 9.17) is 14.7 Å². The molecule has 1 N–H and O–H groups in total. The number of amides is 1. The molecule has 228 valence electrons. The Balaban J connectivity index is 1.44. The number of carbonyl (C=O) groups is 1. The van der Waals surface area contributed by atoms with Crippen molar-refractivity contribution in [2.75, 3.05) is 44.7 Å². The Morgan fingerprint density at radius 2 is 2.02 bits per heavy atom. The molecule has 6 rings (SSSR count). The van der Waals surface area contributed by atoms with Crippen LogP contribution in [0.2, 0.25) is 0 Å². The zero-order chi connectivity index (χ0) is 30.8. The zero-order valence-corrected chi connectivity index (χ0v) is 25.4. The normalized spacial score (nSPS) is 19.0. The van der Waals surface area contributed by atoms with E-state index in [0.29, 0.717) is 51.3 Å². The first-order valence-corrected chi connectivity index (χ1v) is 15.4. The van der Waals surface area contributed by atoms with Crippen molar-refractivity contribution in [3.8, 4) is 17.8 Å². The number of anilines is 1. The van der Waals surface area contributed by atoms with E-state index in [1.165, 1.54) is 6.08 Å². The van der Waals surface area contributed by atoms with Crippen LogP contribution in [0.5, 0.6) is 11.8 Å². The number of fused-ring (bicyclic) bond motifs is 2.